The van der Waals surface area contributed by atoms with Crippen molar-refractivity contribution in [2.45, 2.75) is 123 Å². The van der Waals surface area contributed by atoms with E-state index in [1.165, 1.54) is 44.9 Å². The van der Waals surface area contributed by atoms with Crippen LogP contribution in [-0.2, 0) is 4.79 Å². The average Bonchev–Trinajstić information content (AvgIpc) is 3.08. The maximum absolute atomic E-state index is 12.3. The first-order chi connectivity index (χ1) is 15.0. The highest BCUT2D eigenvalue weighted by Gasteiger charge is 2.67. The first-order valence-corrected chi connectivity index (χ1v) is 14.3. The summed E-state index contributed by atoms with van der Waals surface area (Å²) >= 11 is 6.97. The van der Waals surface area contributed by atoms with Crippen LogP contribution >= 0.6 is 11.6 Å². The molecule has 1 N–H and O–H groups in total. The quantitative estimate of drug-likeness (QED) is 0.410. The third-order valence-corrected chi connectivity index (χ3v) is 12.4. The summed E-state index contributed by atoms with van der Waals surface area (Å²) in [5.74, 6) is 5.36. The van der Waals surface area contributed by atoms with Crippen molar-refractivity contribution in [3.63, 3.8) is 0 Å². The number of Topliss-reactive ketones (excluding diaryl/α,β-unsaturated/α-hetero) is 1. The van der Waals surface area contributed by atoms with Gasteiger partial charge in [-0.2, -0.15) is 0 Å². The lowest BCUT2D eigenvalue weighted by atomic mass is 9.43. The van der Waals surface area contributed by atoms with E-state index in [2.05, 4.69) is 41.5 Å². The minimum Gasteiger partial charge on any atom is -0.387 e. The van der Waals surface area contributed by atoms with Gasteiger partial charge in [-0.05, 0) is 91.8 Å². The van der Waals surface area contributed by atoms with Crippen molar-refractivity contribution in [1.82, 2.24) is 0 Å². The fourth-order valence-electron chi connectivity index (χ4n) is 9.68. The first-order valence-electron chi connectivity index (χ1n) is 13.9. The third-order valence-electron chi connectivity index (χ3n) is 11.9. The second kappa shape index (κ2) is 8.85. The Labute approximate surface area is 202 Å². The van der Waals surface area contributed by atoms with Crippen molar-refractivity contribution in [1.29, 1.82) is 0 Å². The van der Waals surface area contributed by atoms with Crippen LogP contribution in [0.1, 0.15) is 112 Å². The van der Waals surface area contributed by atoms with Gasteiger partial charge in [-0.15, -0.1) is 11.6 Å². The molecule has 10 atom stereocenters. The lowest BCUT2D eigenvalue weighted by Gasteiger charge is -2.64. The Bertz CT molecular complexity index is 705. The van der Waals surface area contributed by atoms with E-state index in [1.807, 2.05) is 0 Å². The third kappa shape index (κ3) is 3.73. The van der Waals surface area contributed by atoms with Crippen LogP contribution < -0.4 is 0 Å². The molecule has 0 radical (unpaired) electrons. The van der Waals surface area contributed by atoms with Gasteiger partial charge in [0.15, 0.2) is 0 Å². The van der Waals surface area contributed by atoms with Crippen molar-refractivity contribution < 1.29 is 9.90 Å². The number of hydrogen-bond donors (Lipinski definition) is 1. The molecule has 0 unspecified atom stereocenters. The average molecular weight is 465 g/mol. The second-order valence-corrected chi connectivity index (χ2v) is 13.9. The topological polar surface area (TPSA) is 37.3 Å². The Morgan fingerprint density at radius 1 is 1.06 bits per heavy atom. The van der Waals surface area contributed by atoms with Crippen LogP contribution in [0.25, 0.3) is 0 Å². The van der Waals surface area contributed by atoms with E-state index in [-0.39, 0.29) is 23.0 Å². The number of hydrogen-bond acceptors (Lipinski definition) is 2. The minimum atomic E-state index is -1.00. The Hall–Kier alpha value is -0.0800. The minimum absolute atomic E-state index is 0.202. The molecule has 4 saturated carbocycles. The zero-order chi connectivity index (χ0) is 23.5. The number of rotatable bonds is 6. The molecule has 0 spiro atoms. The van der Waals surface area contributed by atoms with E-state index < -0.39 is 5.60 Å². The summed E-state index contributed by atoms with van der Waals surface area (Å²) in [6, 6.07) is 0. The molecular weight excluding hydrogens is 416 g/mol. The molecule has 184 valence electrons. The van der Waals surface area contributed by atoms with E-state index in [9.17, 15) is 9.90 Å². The van der Waals surface area contributed by atoms with Crippen molar-refractivity contribution in [3.05, 3.63) is 0 Å². The molecule has 2 nitrogen and oxygen atoms in total. The van der Waals surface area contributed by atoms with E-state index in [1.54, 1.807) is 0 Å². The predicted molar refractivity (Wildman–Crippen MR) is 134 cm³/mol. The molecule has 0 aromatic rings. The summed E-state index contributed by atoms with van der Waals surface area (Å²) in [5.41, 5.74) is -0.782. The highest BCUT2D eigenvalue weighted by molar-refractivity contribution is 6.21. The van der Waals surface area contributed by atoms with Crippen molar-refractivity contribution in [2.75, 3.05) is 0 Å². The Kier molecular flexibility index (Phi) is 6.92. The van der Waals surface area contributed by atoms with Crippen molar-refractivity contribution >= 4 is 17.4 Å². The highest BCUT2D eigenvalue weighted by atomic mass is 35.5. The Morgan fingerprint density at radius 2 is 1.78 bits per heavy atom. The predicted octanol–water partition coefficient (Wildman–Crippen LogP) is 7.65. The number of carbonyl (C=O) groups is 1. The molecule has 4 aliphatic rings. The molecule has 0 aromatic heterocycles. The largest absolute Gasteiger partial charge is 0.387 e. The highest BCUT2D eigenvalue weighted by Crippen LogP contribution is 2.69. The maximum Gasteiger partial charge on any atom is 0.135 e. The first kappa shape index (κ1) is 25.0. The second-order valence-electron chi connectivity index (χ2n) is 13.3. The lowest BCUT2D eigenvalue weighted by Crippen LogP contribution is -2.67. The van der Waals surface area contributed by atoms with Crippen LogP contribution in [0.15, 0.2) is 0 Å². The van der Waals surface area contributed by atoms with E-state index >= 15 is 0 Å². The molecule has 4 rings (SSSR count). The number of halogens is 1. The van der Waals surface area contributed by atoms with Gasteiger partial charge in [0.25, 0.3) is 0 Å². The van der Waals surface area contributed by atoms with Crippen molar-refractivity contribution in [2.24, 2.45) is 52.3 Å². The number of fused-ring (bicyclic) bond motifs is 5. The lowest BCUT2D eigenvalue weighted by molar-refractivity contribution is -0.201. The fraction of sp³-hybridized carbons (Fsp3) is 0.966. The van der Waals surface area contributed by atoms with Gasteiger partial charge >= 0.3 is 0 Å². The van der Waals surface area contributed by atoms with Crippen LogP contribution in [0.5, 0.6) is 0 Å². The van der Waals surface area contributed by atoms with Crippen molar-refractivity contribution in [3.8, 4) is 0 Å². The van der Waals surface area contributed by atoms with Gasteiger partial charge in [0, 0.05) is 18.3 Å². The summed E-state index contributed by atoms with van der Waals surface area (Å²) in [5, 5.41) is 11.4. The molecule has 0 saturated heterocycles. The molecule has 0 aromatic carbocycles. The molecule has 0 heterocycles. The SMILES string of the molecule is CC[C@H](CC[C@@H](C)[C@H]1CC[C@H]2[C@@H]3C[C@@H](Cl)[C@@]4(O)CC(=O)CC[C@]4(C)[C@H]3CC[C@]12C)C(C)C. The van der Waals surface area contributed by atoms with Crippen LogP contribution in [0, 0.1) is 52.3 Å². The number of ketones is 1. The van der Waals surface area contributed by atoms with Gasteiger partial charge < -0.3 is 5.11 Å². The summed E-state index contributed by atoms with van der Waals surface area (Å²) < 4.78 is 0. The van der Waals surface area contributed by atoms with Gasteiger partial charge in [0.05, 0.1) is 11.0 Å². The van der Waals surface area contributed by atoms with Gasteiger partial charge in [-0.3, -0.25) is 4.79 Å². The molecule has 0 aliphatic heterocycles. The maximum atomic E-state index is 12.3. The zero-order valence-electron chi connectivity index (χ0n) is 21.6. The Balaban J connectivity index is 1.52. The fourth-order valence-corrected chi connectivity index (χ4v) is 10.2. The van der Waals surface area contributed by atoms with E-state index in [4.69, 9.17) is 11.6 Å². The summed E-state index contributed by atoms with van der Waals surface area (Å²) in [4.78, 5) is 12.3. The zero-order valence-corrected chi connectivity index (χ0v) is 22.4. The molecule has 4 aliphatic carbocycles. The van der Waals surface area contributed by atoms with Crippen LogP contribution in [0.3, 0.4) is 0 Å². The molecule has 3 heteroatoms. The normalized spacial score (nSPS) is 48.2. The number of carbonyl (C=O) groups excluding carboxylic acids is 1. The number of aliphatic hydroxyl groups is 1. The van der Waals surface area contributed by atoms with Gasteiger partial charge in [0.2, 0.25) is 0 Å². The standard InChI is InChI=1S/C29H49ClO2/c1-7-20(18(2)3)9-8-19(4)23-10-11-24-22-16-26(30)29(32)17-21(31)12-15-28(29,6)25(22)13-14-27(23,24)5/h18-20,22-26,32H,7-17H2,1-6H3/t19-,20-,22+,23-,24+,25+,26-,27-,28-,29+/m1/s1. The van der Waals surface area contributed by atoms with E-state index in [0.29, 0.717) is 23.7 Å². The molecular formula is C29H49ClO2. The summed E-state index contributed by atoms with van der Waals surface area (Å²) in [6.45, 7) is 14.6. The van der Waals surface area contributed by atoms with Gasteiger partial charge in [-0.1, -0.05) is 54.4 Å². The van der Waals surface area contributed by atoms with Crippen LogP contribution in [0.2, 0.25) is 0 Å². The Morgan fingerprint density at radius 3 is 2.44 bits per heavy atom. The molecule has 0 bridgehead atoms. The van der Waals surface area contributed by atoms with Gasteiger partial charge in [-0.25, -0.2) is 0 Å². The monoisotopic (exact) mass is 464 g/mol. The van der Waals surface area contributed by atoms with Crippen LogP contribution in [0.4, 0.5) is 0 Å². The van der Waals surface area contributed by atoms with E-state index in [0.717, 1.165) is 42.4 Å². The number of alkyl halides is 1. The summed E-state index contributed by atoms with van der Waals surface area (Å²) in [7, 11) is 0. The summed E-state index contributed by atoms with van der Waals surface area (Å²) in [6.07, 6.45) is 11.9. The molecule has 0 amide bonds. The van der Waals surface area contributed by atoms with Gasteiger partial charge in [0.1, 0.15) is 5.78 Å². The molecule has 4 fully saturated rings. The smallest absolute Gasteiger partial charge is 0.135 e. The molecule has 32 heavy (non-hydrogen) atoms. The van der Waals surface area contributed by atoms with Crippen LogP contribution in [-0.4, -0.2) is 21.9 Å².